The molecule has 0 bridgehead atoms. The minimum atomic E-state index is -4.56. The molecule has 0 aromatic heterocycles. The van der Waals surface area contributed by atoms with Crippen molar-refractivity contribution in [2.45, 2.75) is 17.6 Å². The Morgan fingerprint density at radius 3 is 2.49 bits per heavy atom. The van der Waals surface area contributed by atoms with Crippen LogP contribution in [-0.2, 0) is 27.5 Å². The maximum Gasteiger partial charge on any atom is 0.416 e. The highest BCUT2D eigenvalue weighted by atomic mass is 32.2. The Balaban J connectivity index is 1.60. The Morgan fingerprint density at radius 1 is 1.05 bits per heavy atom. The lowest BCUT2D eigenvalue weighted by Gasteiger charge is -2.18. The topological polar surface area (TPSA) is 117 Å². The molecule has 192 valence electrons. The van der Waals surface area contributed by atoms with Crippen molar-refractivity contribution in [3.8, 4) is 0 Å². The normalized spacial score (nSPS) is 14.6. The number of alkyl halides is 3. The lowest BCUT2D eigenvalue weighted by molar-refractivity contribution is -0.137. The zero-order valence-electron chi connectivity index (χ0n) is 18.6. The monoisotopic (exact) mass is 551 g/mol. The molecule has 0 radical (unpaired) electrons. The van der Waals surface area contributed by atoms with Crippen LogP contribution < -0.4 is 20.8 Å². The van der Waals surface area contributed by atoms with Crippen molar-refractivity contribution in [1.82, 2.24) is 5.43 Å². The SMILES string of the molecule is NS(=O)(=O)c1ccccc1NC(=S)NN=C1C(=O)N(Cc2cccc(C(F)(F)F)c2)c2ccc(F)cc21. The summed E-state index contributed by atoms with van der Waals surface area (Å²) in [5.74, 6) is -1.37. The predicted octanol–water partition coefficient (Wildman–Crippen LogP) is 3.73. The van der Waals surface area contributed by atoms with Crippen LogP contribution in [0.2, 0.25) is 0 Å². The van der Waals surface area contributed by atoms with Gasteiger partial charge in [-0.2, -0.15) is 18.3 Å². The van der Waals surface area contributed by atoms with Crippen molar-refractivity contribution >= 4 is 50.3 Å². The summed E-state index contributed by atoms with van der Waals surface area (Å²) < 4.78 is 76.9. The first kappa shape index (κ1) is 26.2. The summed E-state index contributed by atoms with van der Waals surface area (Å²) in [4.78, 5) is 14.1. The van der Waals surface area contributed by atoms with Gasteiger partial charge in [-0.05, 0) is 60.2 Å². The van der Waals surface area contributed by atoms with Crippen LogP contribution in [0.3, 0.4) is 0 Å². The molecule has 0 saturated carbocycles. The number of carbonyl (C=O) groups excluding carboxylic acids is 1. The summed E-state index contributed by atoms with van der Waals surface area (Å²) in [5, 5.41) is 11.6. The molecule has 0 aliphatic carbocycles. The fourth-order valence-electron chi connectivity index (χ4n) is 3.65. The third kappa shape index (κ3) is 5.76. The third-order valence-electron chi connectivity index (χ3n) is 5.26. The van der Waals surface area contributed by atoms with E-state index in [2.05, 4.69) is 15.8 Å². The number of hydrogen-bond donors (Lipinski definition) is 3. The lowest BCUT2D eigenvalue weighted by atomic mass is 10.1. The summed E-state index contributed by atoms with van der Waals surface area (Å²) >= 11 is 5.13. The number of sulfonamides is 1. The molecule has 1 aliphatic rings. The zero-order chi connectivity index (χ0) is 27.0. The van der Waals surface area contributed by atoms with E-state index < -0.39 is 33.5 Å². The van der Waals surface area contributed by atoms with Crippen molar-refractivity contribution in [1.29, 1.82) is 0 Å². The van der Waals surface area contributed by atoms with Crippen LogP contribution in [0.1, 0.15) is 16.7 Å². The van der Waals surface area contributed by atoms with Crippen molar-refractivity contribution in [2.24, 2.45) is 10.2 Å². The van der Waals surface area contributed by atoms with Gasteiger partial charge in [0.05, 0.1) is 23.5 Å². The van der Waals surface area contributed by atoms with Gasteiger partial charge in [-0.15, -0.1) is 0 Å². The number of hydrogen-bond acceptors (Lipinski definition) is 5. The number of thiocarbonyl (C=S) groups is 1. The molecule has 14 heteroatoms. The average Bonchev–Trinajstić information content (AvgIpc) is 3.07. The van der Waals surface area contributed by atoms with Crippen molar-refractivity contribution in [3.05, 3.63) is 89.2 Å². The number of nitrogens with two attached hydrogens (primary N) is 1. The number of fused-ring (bicyclic) bond motifs is 1. The van der Waals surface area contributed by atoms with Crippen LogP contribution >= 0.6 is 12.2 Å². The van der Waals surface area contributed by atoms with Crippen molar-refractivity contribution < 1.29 is 30.8 Å². The van der Waals surface area contributed by atoms with Crippen LogP contribution in [0.4, 0.5) is 28.9 Å². The summed E-state index contributed by atoms with van der Waals surface area (Å²) in [6.45, 7) is -0.231. The van der Waals surface area contributed by atoms with Crippen LogP contribution in [0.15, 0.2) is 76.7 Å². The molecule has 1 aliphatic heterocycles. The molecule has 0 saturated heterocycles. The van der Waals surface area contributed by atoms with E-state index in [9.17, 15) is 30.8 Å². The second kappa shape index (κ2) is 9.88. The summed E-state index contributed by atoms with van der Waals surface area (Å²) in [6, 6.07) is 13.7. The largest absolute Gasteiger partial charge is 0.416 e. The Bertz CT molecular complexity index is 1540. The molecule has 0 fully saturated rings. The lowest BCUT2D eigenvalue weighted by Crippen LogP contribution is -2.32. The van der Waals surface area contributed by atoms with Gasteiger partial charge in [0.2, 0.25) is 10.0 Å². The fraction of sp³-hybridized carbons (Fsp3) is 0.0870. The smallest absolute Gasteiger partial charge is 0.330 e. The molecular weight excluding hydrogens is 534 g/mol. The number of nitrogens with one attached hydrogen (secondary N) is 2. The van der Waals surface area contributed by atoms with E-state index in [1.807, 2.05) is 0 Å². The highest BCUT2D eigenvalue weighted by Gasteiger charge is 2.35. The van der Waals surface area contributed by atoms with E-state index >= 15 is 0 Å². The molecule has 1 amide bonds. The van der Waals surface area contributed by atoms with E-state index in [-0.39, 0.29) is 44.8 Å². The van der Waals surface area contributed by atoms with Gasteiger partial charge >= 0.3 is 6.18 Å². The van der Waals surface area contributed by atoms with Crippen molar-refractivity contribution in [3.63, 3.8) is 0 Å². The molecule has 0 spiro atoms. The Hall–Kier alpha value is -3.88. The minimum Gasteiger partial charge on any atom is -0.330 e. The molecular formula is C23H17F4N5O3S2. The maximum absolute atomic E-state index is 14.0. The summed E-state index contributed by atoms with van der Waals surface area (Å²) in [6.07, 6.45) is -4.56. The zero-order valence-corrected chi connectivity index (χ0v) is 20.2. The Morgan fingerprint density at radius 2 is 1.78 bits per heavy atom. The second-order valence-electron chi connectivity index (χ2n) is 7.82. The van der Waals surface area contributed by atoms with Gasteiger partial charge in [-0.25, -0.2) is 17.9 Å². The number of rotatable bonds is 5. The van der Waals surface area contributed by atoms with Crippen molar-refractivity contribution in [2.75, 3.05) is 10.2 Å². The number of amides is 1. The van der Waals surface area contributed by atoms with E-state index in [1.165, 1.54) is 42.5 Å². The average molecular weight is 552 g/mol. The minimum absolute atomic E-state index is 0.0538. The van der Waals surface area contributed by atoms with Crippen LogP contribution in [0, 0.1) is 5.82 Å². The van der Waals surface area contributed by atoms with Gasteiger partial charge in [0.15, 0.2) is 10.8 Å². The number of anilines is 2. The van der Waals surface area contributed by atoms with E-state index in [0.717, 1.165) is 29.2 Å². The first-order chi connectivity index (χ1) is 17.3. The maximum atomic E-state index is 14.0. The van der Waals surface area contributed by atoms with Crippen LogP contribution in [0.25, 0.3) is 0 Å². The Kier molecular flexibility index (Phi) is 6.99. The number of primary sulfonamides is 1. The van der Waals surface area contributed by atoms with Gasteiger partial charge in [-0.1, -0.05) is 24.3 Å². The molecule has 1 heterocycles. The molecule has 8 nitrogen and oxygen atoms in total. The van der Waals surface area contributed by atoms with Gasteiger partial charge in [0.1, 0.15) is 10.7 Å². The standard InChI is InChI=1S/C23H17F4N5O3S2/c24-15-8-9-18-16(11-15)20(21(33)32(18)12-13-4-3-5-14(10-13)23(25,26)27)30-31-22(36)29-17-6-1-2-7-19(17)37(28,34)35/h1-11H,12H2,(H2,28,34,35)(H2,29,31,36). The fourth-order valence-corrected chi connectivity index (χ4v) is 4.50. The molecule has 37 heavy (non-hydrogen) atoms. The summed E-state index contributed by atoms with van der Waals surface area (Å²) in [5.41, 5.74) is 1.88. The van der Waals surface area contributed by atoms with Gasteiger partial charge in [0.25, 0.3) is 5.91 Å². The first-order valence-corrected chi connectivity index (χ1v) is 12.3. The first-order valence-electron chi connectivity index (χ1n) is 10.4. The van der Waals surface area contributed by atoms with E-state index in [0.29, 0.717) is 0 Å². The van der Waals surface area contributed by atoms with E-state index in [4.69, 9.17) is 17.4 Å². The number of para-hydroxylation sites is 1. The van der Waals surface area contributed by atoms with Gasteiger partial charge in [0, 0.05) is 5.56 Å². The van der Waals surface area contributed by atoms with Crippen LogP contribution in [-0.4, -0.2) is 25.1 Å². The quantitative estimate of drug-likeness (QED) is 0.253. The molecule has 4 rings (SSSR count). The number of halogens is 4. The number of carbonyl (C=O) groups is 1. The molecule has 3 aromatic rings. The number of benzene rings is 3. The van der Waals surface area contributed by atoms with Gasteiger partial charge in [-0.3, -0.25) is 10.2 Å². The Labute approximate surface area is 213 Å². The van der Waals surface area contributed by atoms with E-state index in [1.54, 1.807) is 0 Å². The summed E-state index contributed by atoms with van der Waals surface area (Å²) in [7, 11) is -4.07. The second-order valence-corrected chi connectivity index (χ2v) is 9.76. The molecule has 3 aromatic carbocycles. The highest BCUT2D eigenvalue weighted by Crippen LogP contribution is 2.33. The third-order valence-corrected chi connectivity index (χ3v) is 6.42. The number of nitrogens with zero attached hydrogens (tertiary/aromatic N) is 2. The predicted molar refractivity (Wildman–Crippen MR) is 133 cm³/mol. The molecule has 4 N–H and O–H groups in total. The molecule has 0 unspecified atom stereocenters. The number of hydrazone groups is 1. The highest BCUT2D eigenvalue weighted by molar-refractivity contribution is 7.89. The molecule has 0 atom stereocenters. The van der Waals surface area contributed by atoms with Crippen LogP contribution in [0.5, 0.6) is 0 Å². The van der Waals surface area contributed by atoms with Gasteiger partial charge < -0.3 is 10.2 Å².